The predicted molar refractivity (Wildman–Crippen MR) is 93.4 cm³/mol. The van der Waals surface area contributed by atoms with Gasteiger partial charge in [-0.05, 0) is 13.3 Å². The minimum atomic E-state index is -0.223. The van der Waals surface area contributed by atoms with Gasteiger partial charge in [-0.15, -0.1) is 11.3 Å². The predicted octanol–water partition coefficient (Wildman–Crippen LogP) is 2.61. The summed E-state index contributed by atoms with van der Waals surface area (Å²) in [4.78, 5) is 16.6. The number of hydrogen-bond acceptors (Lipinski definition) is 5. The van der Waals surface area contributed by atoms with Crippen molar-refractivity contribution in [3.8, 4) is 0 Å². The maximum atomic E-state index is 12.1. The molecule has 1 saturated heterocycles. The molecule has 2 unspecified atom stereocenters. The van der Waals surface area contributed by atoms with Gasteiger partial charge in [-0.2, -0.15) is 5.10 Å². The zero-order chi connectivity index (χ0) is 16.9. The van der Waals surface area contributed by atoms with Gasteiger partial charge in [0, 0.05) is 48.7 Å². The van der Waals surface area contributed by atoms with Crippen LogP contribution >= 0.6 is 11.3 Å². The summed E-state index contributed by atoms with van der Waals surface area (Å²) < 4.78 is 7.22. The van der Waals surface area contributed by atoms with Crippen molar-refractivity contribution in [1.82, 2.24) is 20.1 Å². The Morgan fingerprint density at radius 1 is 1.58 bits per heavy atom. The van der Waals surface area contributed by atoms with E-state index < -0.39 is 0 Å². The maximum Gasteiger partial charge on any atom is 0.320 e. The Morgan fingerprint density at radius 3 is 3.17 bits per heavy atom. The summed E-state index contributed by atoms with van der Waals surface area (Å²) in [6.07, 6.45) is 2.74. The van der Waals surface area contributed by atoms with Gasteiger partial charge in [-0.1, -0.05) is 6.92 Å². The Bertz CT molecular complexity index is 678. The van der Waals surface area contributed by atoms with Crippen LogP contribution in [0, 0.1) is 12.8 Å². The van der Waals surface area contributed by atoms with Gasteiger partial charge in [-0.3, -0.25) is 5.32 Å². The molecule has 7 nitrogen and oxygen atoms in total. The van der Waals surface area contributed by atoms with E-state index in [-0.39, 0.29) is 11.9 Å². The van der Waals surface area contributed by atoms with Crippen molar-refractivity contribution in [2.45, 2.75) is 32.7 Å². The first-order chi connectivity index (χ1) is 11.6. The van der Waals surface area contributed by atoms with Crippen LogP contribution in [-0.4, -0.2) is 40.6 Å². The fourth-order valence-electron chi connectivity index (χ4n) is 2.65. The zero-order valence-corrected chi connectivity index (χ0v) is 14.8. The molecule has 0 saturated carbocycles. The maximum absolute atomic E-state index is 12.1. The molecule has 1 aliphatic rings. The lowest BCUT2D eigenvalue weighted by atomic mass is 10.1. The highest BCUT2D eigenvalue weighted by Gasteiger charge is 2.18. The van der Waals surface area contributed by atoms with Crippen LogP contribution in [0.15, 0.2) is 17.6 Å². The standard InChI is InChI=1S/C16H23N5O2S/c1-11(15-19-12(2)10-24-15)7-17-16(22)20-14-3-5-18-21(14)8-13-4-6-23-9-13/h3,5,10-11,13H,4,6-9H2,1-2H3,(H2,17,20,22). The van der Waals surface area contributed by atoms with Crippen LogP contribution in [0.4, 0.5) is 10.6 Å². The molecule has 0 aromatic carbocycles. The third-order valence-electron chi connectivity index (χ3n) is 4.04. The minimum Gasteiger partial charge on any atom is -0.381 e. The number of rotatable bonds is 6. The van der Waals surface area contributed by atoms with Gasteiger partial charge >= 0.3 is 6.03 Å². The number of thiazole rings is 1. The van der Waals surface area contributed by atoms with Gasteiger partial charge in [0.1, 0.15) is 5.82 Å². The van der Waals surface area contributed by atoms with Gasteiger partial charge in [0.2, 0.25) is 0 Å². The Labute approximate surface area is 145 Å². The summed E-state index contributed by atoms with van der Waals surface area (Å²) in [6.45, 7) is 6.91. The molecule has 2 amide bonds. The SMILES string of the molecule is Cc1csc(C(C)CNC(=O)Nc2ccnn2CC2CCOC2)n1. The first-order valence-corrected chi connectivity index (χ1v) is 9.06. The van der Waals surface area contributed by atoms with E-state index in [9.17, 15) is 4.79 Å². The molecule has 2 aromatic rings. The van der Waals surface area contributed by atoms with Crippen LogP contribution in [0.3, 0.4) is 0 Å². The third kappa shape index (κ3) is 4.33. The lowest BCUT2D eigenvalue weighted by Gasteiger charge is -2.14. The Balaban J connectivity index is 1.49. The lowest BCUT2D eigenvalue weighted by molar-refractivity contribution is 0.181. The number of urea groups is 1. The van der Waals surface area contributed by atoms with Gasteiger partial charge < -0.3 is 10.1 Å². The molecule has 24 heavy (non-hydrogen) atoms. The Kier molecular flexibility index (Phi) is 5.47. The first-order valence-electron chi connectivity index (χ1n) is 8.18. The van der Waals surface area contributed by atoms with Crippen molar-refractivity contribution < 1.29 is 9.53 Å². The molecule has 3 rings (SSSR count). The van der Waals surface area contributed by atoms with Gasteiger partial charge in [0.25, 0.3) is 0 Å². The molecule has 2 N–H and O–H groups in total. The number of aromatic nitrogens is 3. The fraction of sp³-hybridized carbons (Fsp3) is 0.562. The van der Waals surface area contributed by atoms with E-state index in [4.69, 9.17) is 4.74 Å². The van der Waals surface area contributed by atoms with E-state index in [0.29, 0.717) is 18.3 Å². The quantitative estimate of drug-likeness (QED) is 0.840. The monoisotopic (exact) mass is 349 g/mol. The smallest absolute Gasteiger partial charge is 0.320 e. The second kappa shape index (κ2) is 7.76. The van der Waals surface area contributed by atoms with E-state index in [2.05, 4.69) is 27.6 Å². The topological polar surface area (TPSA) is 81.1 Å². The molecule has 0 radical (unpaired) electrons. The number of amides is 2. The summed E-state index contributed by atoms with van der Waals surface area (Å²) in [6, 6.07) is 1.59. The number of nitrogens with zero attached hydrogens (tertiary/aromatic N) is 3. The number of ether oxygens (including phenoxy) is 1. The van der Waals surface area contributed by atoms with Crippen LogP contribution < -0.4 is 10.6 Å². The van der Waals surface area contributed by atoms with E-state index in [1.165, 1.54) is 0 Å². The highest BCUT2D eigenvalue weighted by Crippen LogP contribution is 2.19. The normalized spacial score (nSPS) is 18.5. The summed E-state index contributed by atoms with van der Waals surface area (Å²) in [7, 11) is 0. The number of carbonyl (C=O) groups excluding carboxylic acids is 1. The molecular formula is C16H23N5O2S. The molecule has 1 fully saturated rings. The van der Waals surface area contributed by atoms with E-state index in [1.54, 1.807) is 17.5 Å². The largest absolute Gasteiger partial charge is 0.381 e. The van der Waals surface area contributed by atoms with Crippen LogP contribution in [0.1, 0.15) is 30.0 Å². The lowest BCUT2D eigenvalue weighted by Crippen LogP contribution is -2.32. The molecular weight excluding hydrogens is 326 g/mol. The average molecular weight is 349 g/mol. The van der Waals surface area contributed by atoms with Crippen molar-refractivity contribution in [2.75, 3.05) is 25.1 Å². The highest BCUT2D eigenvalue weighted by atomic mass is 32.1. The second-order valence-electron chi connectivity index (χ2n) is 6.19. The van der Waals surface area contributed by atoms with Crippen molar-refractivity contribution >= 4 is 23.2 Å². The molecule has 0 spiro atoms. The number of nitrogens with one attached hydrogen (secondary N) is 2. The van der Waals surface area contributed by atoms with E-state index >= 15 is 0 Å². The zero-order valence-electron chi connectivity index (χ0n) is 14.0. The average Bonchev–Trinajstić information content (AvgIpc) is 3.29. The third-order valence-corrected chi connectivity index (χ3v) is 5.23. The molecule has 130 valence electrons. The number of hydrogen-bond donors (Lipinski definition) is 2. The van der Waals surface area contributed by atoms with Crippen molar-refractivity contribution in [3.05, 3.63) is 28.3 Å². The Hall–Kier alpha value is -1.93. The molecule has 3 heterocycles. The Morgan fingerprint density at radius 2 is 2.46 bits per heavy atom. The highest BCUT2D eigenvalue weighted by molar-refractivity contribution is 7.09. The van der Waals surface area contributed by atoms with Crippen LogP contribution in [0.5, 0.6) is 0 Å². The van der Waals surface area contributed by atoms with Crippen molar-refractivity contribution in [1.29, 1.82) is 0 Å². The first kappa shape index (κ1) is 16.9. The van der Waals surface area contributed by atoms with Crippen LogP contribution in [0.25, 0.3) is 0 Å². The van der Waals surface area contributed by atoms with Crippen molar-refractivity contribution in [3.63, 3.8) is 0 Å². The molecule has 0 bridgehead atoms. The van der Waals surface area contributed by atoms with E-state index in [1.807, 2.05) is 23.1 Å². The van der Waals surface area contributed by atoms with Gasteiger partial charge in [0.05, 0.1) is 17.8 Å². The summed E-state index contributed by atoms with van der Waals surface area (Å²) in [5.74, 6) is 1.36. The van der Waals surface area contributed by atoms with Crippen molar-refractivity contribution in [2.24, 2.45) is 5.92 Å². The minimum absolute atomic E-state index is 0.190. The summed E-state index contributed by atoms with van der Waals surface area (Å²) >= 11 is 1.63. The molecule has 2 aromatic heterocycles. The van der Waals surface area contributed by atoms with E-state index in [0.717, 1.165) is 36.9 Å². The number of aryl methyl sites for hydroxylation is 1. The van der Waals surface area contributed by atoms with Crippen LogP contribution in [-0.2, 0) is 11.3 Å². The fourth-order valence-corrected chi connectivity index (χ4v) is 3.50. The molecule has 2 atom stereocenters. The van der Waals surface area contributed by atoms with Crippen LogP contribution in [0.2, 0.25) is 0 Å². The molecule has 0 aliphatic carbocycles. The number of anilines is 1. The van der Waals surface area contributed by atoms with Gasteiger partial charge in [0.15, 0.2) is 0 Å². The second-order valence-corrected chi connectivity index (χ2v) is 7.08. The summed E-state index contributed by atoms with van der Waals surface area (Å²) in [5, 5.41) is 13.1. The number of carbonyl (C=O) groups is 1. The molecule has 1 aliphatic heterocycles. The van der Waals surface area contributed by atoms with Gasteiger partial charge in [-0.25, -0.2) is 14.5 Å². The molecule has 8 heteroatoms. The summed E-state index contributed by atoms with van der Waals surface area (Å²) in [5.41, 5.74) is 1.02.